The van der Waals surface area contributed by atoms with Gasteiger partial charge in [-0.15, -0.1) is 0 Å². The second-order valence-electron chi connectivity index (χ2n) is 3.08. The topological polar surface area (TPSA) is 75.9 Å². The van der Waals surface area contributed by atoms with Gasteiger partial charge in [0.15, 0.2) is 5.82 Å². The molecule has 16 heavy (non-hydrogen) atoms. The minimum atomic E-state index is -4.12. The van der Waals surface area contributed by atoms with Crippen LogP contribution in [0.4, 0.5) is 24.8 Å². The van der Waals surface area contributed by atoms with Crippen molar-refractivity contribution in [1.82, 2.24) is 9.97 Å². The lowest BCUT2D eigenvalue weighted by atomic mass is 10.3. The number of anilines is 2. The average molecular weight is 235 g/mol. The van der Waals surface area contributed by atoms with Crippen molar-refractivity contribution in [2.75, 3.05) is 17.3 Å². The third-order valence-electron chi connectivity index (χ3n) is 1.73. The first-order chi connectivity index (χ1) is 7.51. The summed E-state index contributed by atoms with van der Waals surface area (Å²) in [5.74, 6) is 5.84. The molecule has 0 spiro atoms. The molecule has 0 bridgehead atoms. The van der Waals surface area contributed by atoms with Crippen LogP contribution in [-0.4, -0.2) is 22.7 Å². The van der Waals surface area contributed by atoms with Crippen molar-refractivity contribution in [1.29, 1.82) is 0 Å². The maximum Gasteiger partial charge on any atom is 0.389 e. The zero-order chi connectivity index (χ0) is 12.0. The van der Waals surface area contributed by atoms with E-state index in [0.717, 1.165) is 0 Å². The molecule has 8 heteroatoms. The Kier molecular flexibility index (Phi) is 4.29. The van der Waals surface area contributed by atoms with E-state index in [0.29, 0.717) is 11.6 Å². The van der Waals surface area contributed by atoms with E-state index in [9.17, 15) is 13.2 Å². The number of nitrogens with zero attached hydrogens (tertiary/aromatic N) is 2. The van der Waals surface area contributed by atoms with Gasteiger partial charge in [-0.3, -0.25) is 4.98 Å². The molecular weight excluding hydrogens is 223 g/mol. The lowest BCUT2D eigenvalue weighted by Crippen LogP contribution is -2.13. The minimum Gasteiger partial charge on any atom is -0.369 e. The number of nitrogens with one attached hydrogen (secondary N) is 2. The van der Waals surface area contributed by atoms with Crippen LogP contribution in [-0.2, 0) is 0 Å². The van der Waals surface area contributed by atoms with Gasteiger partial charge in [-0.25, -0.2) is 10.8 Å². The molecule has 1 aromatic heterocycles. The maximum absolute atomic E-state index is 11.8. The summed E-state index contributed by atoms with van der Waals surface area (Å²) in [6.45, 7) is 0.183. The number of hydrazine groups is 1. The largest absolute Gasteiger partial charge is 0.389 e. The standard InChI is InChI=1S/C8H12F3N5/c9-8(10,11)2-1-3-14-6-4-13-5-7(15-6)16-12/h4-5H,1-3,12H2,(H2,14,15,16). The van der Waals surface area contributed by atoms with Crippen LogP contribution in [0, 0.1) is 0 Å². The van der Waals surface area contributed by atoms with Gasteiger partial charge in [0.05, 0.1) is 12.4 Å². The molecule has 1 rings (SSSR count). The van der Waals surface area contributed by atoms with Crippen LogP contribution in [0.5, 0.6) is 0 Å². The van der Waals surface area contributed by atoms with Crippen LogP contribution >= 0.6 is 0 Å². The highest BCUT2D eigenvalue weighted by molar-refractivity contribution is 5.40. The van der Waals surface area contributed by atoms with E-state index in [2.05, 4.69) is 20.7 Å². The molecule has 0 aliphatic heterocycles. The summed E-state index contributed by atoms with van der Waals surface area (Å²) in [6, 6.07) is 0. The van der Waals surface area contributed by atoms with Crippen molar-refractivity contribution in [3.8, 4) is 0 Å². The zero-order valence-electron chi connectivity index (χ0n) is 8.38. The van der Waals surface area contributed by atoms with Gasteiger partial charge in [-0.1, -0.05) is 0 Å². The molecule has 0 saturated carbocycles. The van der Waals surface area contributed by atoms with E-state index >= 15 is 0 Å². The fourth-order valence-electron chi connectivity index (χ4n) is 1.03. The van der Waals surface area contributed by atoms with E-state index < -0.39 is 12.6 Å². The van der Waals surface area contributed by atoms with Gasteiger partial charge in [0, 0.05) is 13.0 Å². The van der Waals surface area contributed by atoms with Gasteiger partial charge >= 0.3 is 6.18 Å². The van der Waals surface area contributed by atoms with E-state index in [1.165, 1.54) is 12.4 Å². The van der Waals surface area contributed by atoms with E-state index in [4.69, 9.17) is 5.84 Å². The van der Waals surface area contributed by atoms with Crippen LogP contribution in [0.1, 0.15) is 12.8 Å². The molecule has 0 aliphatic carbocycles. The molecule has 1 heterocycles. The third kappa shape index (κ3) is 4.78. The SMILES string of the molecule is NNc1cncc(NCCCC(F)(F)F)n1. The molecule has 0 aliphatic rings. The van der Waals surface area contributed by atoms with Gasteiger partial charge in [-0.2, -0.15) is 13.2 Å². The highest BCUT2D eigenvalue weighted by atomic mass is 19.4. The summed E-state index contributed by atoms with van der Waals surface area (Å²) in [7, 11) is 0. The Balaban J connectivity index is 2.32. The Morgan fingerprint density at radius 2 is 1.94 bits per heavy atom. The van der Waals surface area contributed by atoms with Crippen LogP contribution in [0.25, 0.3) is 0 Å². The molecule has 0 atom stereocenters. The Morgan fingerprint density at radius 1 is 1.25 bits per heavy atom. The number of nitrogens with two attached hydrogens (primary N) is 1. The number of hydrogen-bond acceptors (Lipinski definition) is 5. The Bertz CT molecular complexity index is 328. The second kappa shape index (κ2) is 5.50. The summed E-state index contributed by atoms with van der Waals surface area (Å²) < 4.78 is 35.5. The predicted molar refractivity (Wildman–Crippen MR) is 53.6 cm³/mol. The van der Waals surface area contributed by atoms with E-state index in [-0.39, 0.29) is 13.0 Å². The van der Waals surface area contributed by atoms with Crippen molar-refractivity contribution >= 4 is 11.6 Å². The maximum atomic E-state index is 11.8. The summed E-state index contributed by atoms with van der Waals surface area (Å²) in [4.78, 5) is 7.73. The Morgan fingerprint density at radius 3 is 2.56 bits per heavy atom. The zero-order valence-corrected chi connectivity index (χ0v) is 8.38. The number of halogens is 3. The van der Waals surface area contributed by atoms with Crippen LogP contribution < -0.4 is 16.6 Å². The normalized spacial score (nSPS) is 11.2. The molecule has 1 aromatic rings. The fraction of sp³-hybridized carbons (Fsp3) is 0.500. The molecule has 0 aromatic carbocycles. The van der Waals surface area contributed by atoms with Gasteiger partial charge in [0.25, 0.3) is 0 Å². The first kappa shape index (κ1) is 12.5. The highest BCUT2D eigenvalue weighted by Gasteiger charge is 2.25. The molecular formula is C8H12F3N5. The van der Waals surface area contributed by atoms with Gasteiger partial charge in [0.1, 0.15) is 5.82 Å². The van der Waals surface area contributed by atoms with Crippen LogP contribution in [0.2, 0.25) is 0 Å². The number of rotatable bonds is 5. The first-order valence-electron chi connectivity index (χ1n) is 4.60. The average Bonchev–Trinajstić information content (AvgIpc) is 2.23. The van der Waals surface area contributed by atoms with E-state index in [1.807, 2.05) is 0 Å². The molecule has 5 nitrogen and oxygen atoms in total. The number of hydrogen-bond donors (Lipinski definition) is 3. The monoisotopic (exact) mass is 235 g/mol. The predicted octanol–water partition coefficient (Wildman–Crippen LogP) is 1.52. The summed E-state index contributed by atoms with van der Waals surface area (Å²) in [5.41, 5.74) is 2.29. The van der Waals surface area contributed by atoms with E-state index in [1.54, 1.807) is 0 Å². The molecule has 4 N–H and O–H groups in total. The molecule has 0 fully saturated rings. The van der Waals surface area contributed by atoms with Gasteiger partial charge in [0.2, 0.25) is 0 Å². The Labute approximate surface area is 90.2 Å². The first-order valence-corrected chi connectivity index (χ1v) is 4.60. The van der Waals surface area contributed by atoms with Crippen molar-refractivity contribution < 1.29 is 13.2 Å². The molecule has 0 amide bonds. The second-order valence-corrected chi connectivity index (χ2v) is 3.08. The van der Waals surface area contributed by atoms with Gasteiger partial charge < -0.3 is 10.7 Å². The highest BCUT2D eigenvalue weighted by Crippen LogP contribution is 2.21. The fourth-order valence-corrected chi connectivity index (χ4v) is 1.03. The lowest BCUT2D eigenvalue weighted by Gasteiger charge is -2.08. The number of alkyl halides is 3. The number of nitrogen functional groups attached to an aromatic ring is 1. The molecule has 90 valence electrons. The van der Waals surface area contributed by atoms with Crippen molar-refractivity contribution in [2.24, 2.45) is 5.84 Å². The molecule has 0 radical (unpaired) electrons. The van der Waals surface area contributed by atoms with Crippen LogP contribution in [0.3, 0.4) is 0 Å². The minimum absolute atomic E-state index is 0.00847. The third-order valence-corrected chi connectivity index (χ3v) is 1.73. The summed E-state index contributed by atoms with van der Waals surface area (Å²) >= 11 is 0. The van der Waals surface area contributed by atoms with Crippen molar-refractivity contribution in [2.45, 2.75) is 19.0 Å². The quantitative estimate of drug-likeness (QED) is 0.410. The lowest BCUT2D eigenvalue weighted by molar-refractivity contribution is -0.134. The summed E-state index contributed by atoms with van der Waals surface area (Å²) in [6.07, 6.45) is -2.13. The molecule has 0 saturated heterocycles. The van der Waals surface area contributed by atoms with Crippen LogP contribution in [0.15, 0.2) is 12.4 Å². The van der Waals surface area contributed by atoms with Crippen molar-refractivity contribution in [3.05, 3.63) is 12.4 Å². The molecule has 0 unspecified atom stereocenters. The van der Waals surface area contributed by atoms with Gasteiger partial charge in [-0.05, 0) is 6.42 Å². The summed E-state index contributed by atoms with van der Waals surface area (Å²) in [5, 5.41) is 2.72. The smallest absolute Gasteiger partial charge is 0.369 e. The Hall–Kier alpha value is -1.57. The number of aromatic nitrogens is 2. The van der Waals surface area contributed by atoms with Crippen molar-refractivity contribution in [3.63, 3.8) is 0 Å².